The molecule has 1 aromatic carbocycles. The zero-order chi connectivity index (χ0) is 15.0. The van der Waals surface area contributed by atoms with Gasteiger partial charge in [0.05, 0.1) is 11.6 Å². The molecule has 0 unspecified atom stereocenters. The number of nitrogens with one attached hydrogen (secondary N) is 1. The molecule has 20 heavy (non-hydrogen) atoms. The largest absolute Gasteiger partial charge is 0.482 e. The van der Waals surface area contributed by atoms with Gasteiger partial charge in [0.2, 0.25) is 0 Å². The van der Waals surface area contributed by atoms with Gasteiger partial charge in [-0.2, -0.15) is 0 Å². The van der Waals surface area contributed by atoms with E-state index in [0.29, 0.717) is 23.9 Å². The quantitative estimate of drug-likeness (QED) is 0.740. The van der Waals surface area contributed by atoms with Crippen LogP contribution < -0.4 is 10.1 Å². The van der Waals surface area contributed by atoms with Crippen LogP contribution in [0, 0.1) is 0 Å². The monoisotopic (exact) mass is 300 g/mol. The molecule has 0 radical (unpaired) electrons. The van der Waals surface area contributed by atoms with Gasteiger partial charge >= 0.3 is 0 Å². The topological polar surface area (TPSA) is 50.8 Å². The zero-order valence-corrected chi connectivity index (χ0v) is 12.9. The number of carbonyl (C=O) groups excluding carboxylic acids is 1. The Kier molecular flexibility index (Phi) is 7.36. The van der Waals surface area contributed by atoms with Gasteiger partial charge in [0, 0.05) is 34.3 Å². The second-order valence-corrected chi connectivity index (χ2v) is 4.92. The van der Waals surface area contributed by atoms with Gasteiger partial charge in [-0.1, -0.05) is 17.7 Å². The lowest BCUT2D eigenvalue weighted by atomic mass is 10.2. The molecule has 112 valence electrons. The van der Waals surface area contributed by atoms with Crippen molar-refractivity contribution in [3.63, 3.8) is 0 Å². The van der Waals surface area contributed by atoms with Crippen molar-refractivity contribution in [2.75, 3.05) is 41.0 Å². The highest BCUT2D eigenvalue weighted by Crippen LogP contribution is 2.25. The predicted octanol–water partition coefficient (Wildman–Crippen LogP) is 1.54. The summed E-state index contributed by atoms with van der Waals surface area (Å²) in [5.74, 6) is 0.411. The summed E-state index contributed by atoms with van der Waals surface area (Å²) in [6.45, 7) is 2.14. The lowest BCUT2D eigenvalue weighted by molar-refractivity contribution is -0.130. The molecule has 0 fully saturated rings. The third-order valence-corrected chi connectivity index (χ3v) is 2.95. The molecular formula is C14H21ClN2O3. The van der Waals surface area contributed by atoms with Crippen LogP contribution in [0.4, 0.5) is 0 Å². The van der Waals surface area contributed by atoms with Crippen LogP contribution >= 0.6 is 11.6 Å². The molecule has 0 aromatic heterocycles. The van der Waals surface area contributed by atoms with Gasteiger partial charge in [0.15, 0.2) is 6.61 Å². The number of hydrogen-bond donors (Lipinski definition) is 1. The van der Waals surface area contributed by atoms with Gasteiger partial charge in [-0.25, -0.2) is 0 Å². The Labute approximate surface area is 124 Å². The average molecular weight is 301 g/mol. The first kappa shape index (κ1) is 16.8. The normalized spacial score (nSPS) is 10.4. The molecule has 0 spiro atoms. The second kappa shape index (κ2) is 8.79. The van der Waals surface area contributed by atoms with E-state index in [2.05, 4.69) is 5.32 Å². The van der Waals surface area contributed by atoms with Crippen molar-refractivity contribution < 1.29 is 14.3 Å². The molecule has 1 aromatic rings. The van der Waals surface area contributed by atoms with Gasteiger partial charge in [-0.05, 0) is 17.7 Å². The first-order valence-corrected chi connectivity index (χ1v) is 6.73. The molecule has 0 aliphatic carbocycles. The van der Waals surface area contributed by atoms with Gasteiger partial charge in [-0.15, -0.1) is 0 Å². The number of halogens is 1. The van der Waals surface area contributed by atoms with E-state index in [1.165, 1.54) is 4.90 Å². The summed E-state index contributed by atoms with van der Waals surface area (Å²) in [5, 5.41) is 3.73. The van der Waals surface area contributed by atoms with Gasteiger partial charge in [0.1, 0.15) is 5.75 Å². The molecule has 0 aliphatic rings. The van der Waals surface area contributed by atoms with E-state index >= 15 is 0 Å². The average Bonchev–Trinajstić information content (AvgIpc) is 2.42. The number of ether oxygens (including phenoxy) is 2. The molecule has 1 rings (SSSR count). The summed E-state index contributed by atoms with van der Waals surface area (Å²) in [6.07, 6.45) is 0. The Hall–Kier alpha value is -1.30. The molecular weight excluding hydrogens is 280 g/mol. The fourth-order valence-electron chi connectivity index (χ4n) is 1.45. The lowest BCUT2D eigenvalue weighted by Gasteiger charge is -2.13. The van der Waals surface area contributed by atoms with Crippen LogP contribution in [-0.4, -0.2) is 51.8 Å². The first-order chi connectivity index (χ1) is 9.54. The molecule has 0 heterocycles. The van der Waals surface area contributed by atoms with Crippen LogP contribution in [-0.2, 0) is 16.1 Å². The van der Waals surface area contributed by atoms with Gasteiger partial charge in [-0.3, -0.25) is 4.79 Å². The Morgan fingerprint density at radius 2 is 2.15 bits per heavy atom. The highest BCUT2D eigenvalue weighted by Gasteiger charge is 2.08. The Balaban J connectivity index is 2.48. The van der Waals surface area contributed by atoms with Crippen LogP contribution in [0.5, 0.6) is 5.75 Å². The molecule has 0 saturated carbocycles. The maximum absolute atomic E-state index is 11.4. The summed E-state index contributed by atoms with van der Waals surface area (Å²) < 4.78 is 10.3. The molecule has 5 nitrogen and oxygen atoms in total. The summed E-state index contributed by atoms with van der Waals surface area (Å²) in [6, 6.07) is 5.52. The molecule has 0 bridgehead atoms. The van der Waals surface area contributed by atoms with Gasteiger partial charge in [0.25, 0.3) is 5.91 Å². The van der Waals surface area contributed by atoms with E-state index in [9.17, 15) is 4.79 Å². The minimum atomic E-state index is -0.105. The molecule has 1 amide bonds. The number of nitrogens with zero attached hydrogens (tertiary/aromatic N) is 1. The van der Waals surface area contributed by atoms with Crippen LogP contribution in [0.3, 0.4) is 0 Å². The number of methoxy groups -OCH3 is 1. The third kappa shape index (κ3) is 5.77. The highest BCUT2D eigenvalue weighted by atomic mass is 35.5. The zero-order valence-electron chi connectivity index (χ0n) is 12.1. The maximum atomic E-state index is 11.4. The van der Waals surface area contributed by atoms with E-state index in [4.69, 9.17) is 21.1 Å². The van der Waals surface area contributed by atoms with Crippen LogP contribution in [0.1, 0.15) is 5.56 Å². The van der Waals surface area contributed by atoms with Crippen LogP contribution in [0.2, 0.25) is 5.02 Å². The number of benzene rings is 1. The maximum Gasteiger partial charge on any atom is 0.259 e. The fourth-order valence-corrected chi connectivity index (χ4v) is 1.70. The molecule has 1 N–H and O–H groups in total. The Morgan fingerprint density at radius 1 is 1.40 bits per heavy atom. The van der Waals surface area contributed by atoms with Crippen molar-refractivity contribution >= 4 is 17.5 Å². The second-order valence-electron chi connectivity index (χ2n) is 4.51. The molecule has 0 atom stereocenters. The summed E-state index contributed by atoms with van der Waals surface area (Å²) >= 11 is 6.13. The Bertz CT molecular complexity index is 438. The number of carbonyl (C=O) groups is 1. The van der Waals surface area contributed by atoms with Gasteiger partial charge < -0.3 is 19.7 Å². The molecule has 0 aliphatic heterocycles. The lowest BCUT2D eigenvalue weighted by Crippen LogP contribution is -2.27. The van der Waals surface area contributed by atoms with E-state index in [1.54, 1.807) is 27.3 Å². The van der Waals surface area contributed by atoms with E-state index in [0.717, 1.165) is 12.1 Å². The fraction of sp³-hybridized carbons (Fsp3) is 0.500. The van der Waals surface area contributed by atoms with Crippen molar-refractivity contribution in [1.82, 2.24) is 10.2 Å². The third-order valence-electron chi connectivity index (χ3n) is 2.66. The smallest absolute Gasteiger partial charge is 0.259 e. The van der Waals surface area contributed by atoms with Crippen LogP contribution in [0.15, 0.2) is 18.2 Å². The minimum Gasteiger partial charge on any atom is -0.482 e. The number of amides is 1. The van der Waals surface area contributed by atoms with Crippen molar-refractivity contribution in [2.24, 2.45) is 0 Å². The number of likely N-dealkylation sites (N-methyl/N-ethyl adjacent to an activating group) is 1. The number of hydrogen-bond acceptors (Lipinski definition) is 4. The van der Waals surface area contributed by atoms with E-state index < -0.39 is 0 Å². The van der Waals surface area contributed by atoms with E-state index in [-0.39, 0.29) is 12.5 Å². The standard InChI is InChI=1S/C14H21ClN2O3/c1-17(2)14(18)10-20-13-5-4-11(8-12(13)15)9-16-6-7-19-3/h4-5,8,16H,6-7,9-10H2,1-3H3. The Morgan fingerprint density at radius 3 is 2.75 bits per heavy atom. The van der Waals surface area contributed by atoms with Crippen molar-refractivity contribution in [3.05, 3.63) is 28.8 Å². The van der Waals surface area contributed by atoms with Crippen molar-refractivity contribution in [3.8, 4) is 5.75 Å². The van der Waals surface area contributed by atoms with Crippen LogP contribution in [0.25, 0.3) is 0 Å². The first-order valence-electron chi connectivity index (χ1n) is 6.35. The molecule has 6 heteroatoms. The SMILES string of the molecule is COCCNCc1ccc(OCC(=O)N(C)C)c(Cl)c1. The summed E-state index contributed by atoms with van der Waals surface area (Å²) in [7, 11) is 5.03. The number of rotatable bonds is 8. The van der Waals surface area contributed by atoms with Crippen molar-refractivity contribution in [2.45, 2.75) is 6.54 Å². The van der Waals surface area contributed by atoms with E-state index in [1.807, 2.05) is 12.1 Å². The summed E-state index contributed by atoms with van der Waals surface area (Å²) in [5.41, 5.74) is 1.05. The minimum absolute atomic E-state index is 0.0157. The molecule has 0 saturated heterocycles. The summed E-state index contributed by atoms with van der Waals surface area (Å²) in [4.78, 5) is 12.9. The van der Waals surface area contributed by atoms with Crippen molar-refractivity contribution in [1.29, 1.82) is 0 Å². The predicted molar refractivity (Wildman–Crippen MR) is 79.2 cm³/mol. The highest BCUT2D eigenvalue weighted by molar-refractivity contribution is 6.32.